The second kappa shape index (κ2) is 9.26. The van der Waals surface area contributed by atoms with E-state index in [1.165, 1.54) is 30.5 Å². The molecular formula is C21H25ClFN5. The summed E-state index contributed by atoms with van der Waals surface area (Å²) in [5.74, 6) is 1.35. The molecule has 5 nitrogen and oxygen atoms in total. The lowest BCUT2D eigenvalue weighted by Crippen LogP contribution is -2.38. The minimum absolute atomic E-state index is 0. The van der Waals surface area contributed by atoms with Crippen LogP contribution in [-0.4, -0.2) is 38.2 Å². The maximum atomic E-state index is 13.2. The van der Waals surface area contributed by atoms with Crippen molar-refractivity contribution in [1.29, 1.82) is 0 Å². The third kappa shape index (κ3) is 4.56. The fourth-order valence-corrected chi connectivity index (χ4v) is 3.73. The molecule has 0 radical (unpaired) electrons. The van der Waals surface area contributed by atoms with Crippen molar-refractivity contribution in [1.82, 2.24) is 25.1 Å². The van der Waals surface area contributed by atoms with Crippen molar-refractivity contribution in [2.24, 2.45) is 5.92 Å². The third-order valence-electron chi connectivity index (χ3n) is 5.35. The molecule has 1 saturated heterocycles. The van der Waals surface area contributed by atoms with Crippen LogP contribution in [0.4, 0.5) is 4.39 Å². The SMILES string of the molecule is CC1CCN(C(c2ccccc2)c2nnnn2Cc2ccc(F)cc2)CC1.Cl. The fourth-order valence-electron chi connectivity index (χ4n) is 3.73. The molecule has 3 aromatic rings. The summed E-state index contributed by atoms with van der Waals surface area (Å²) >= 11 is 0. The number of tetrazole rings is 1. The molecule has 28 heavy (non-hydrogen) atoms. The van der Waals surface area contributed by atoms with E-state index in [2.05, 4.69) is 51.6 Å². The van der Waals surface area contributed by atoms with Crippen LogP contribution in [0.25, 0.3) is 0 Å². The van der Waals surface area contributed by atoms with Crippen molar-refractivity contribution in [3.05, 3.63) is 77.4 Å². The molecule has 1 atom stereocenters. The van der Waals surface area contributed by atoms with Crippen LogP contribution in [0.2, 0.25) is 0 Å². The first-order valence-corrected chi connectivity index (χ1v) is 9.50. The summed E-state index contributed by atoms with van der Waals surface area (Å²) in [4.78, 5) is 2.47. The van der Waals surface area contributed by atoms with Crippen molar-refractivity contribution in [2.75, 3.05) is 13.1 Å². The Morgan fingerprint density at radius 1 is 1.04 bits per heavy atom. The molecule has 0 aliphatic carbocycles. The van der Waals surface area contributed by atoms with Crippen molar-refractivity contribution in [3.63, 3.8) is 0 Å². The Hall–Kier alpha value is -2.31. The number of aromatic nitrogens is 4. The van der Waals surface area contributed by atoms with E-state index >= 15 is 0 Å². The maximum absolute atomic E-state index is 13.2. The molecule has 1 unspecified atom stereocenters. The van der Waals surface area contributed by atoms with Gasteiger partial charge in [-0.15, -0.1) is 17.5 Å². The van der Waals surface area contributed by atoms with Crippen LogP contribution in [0.3, 0.4) is 0 Å². The lowest BCUT2D eigenvalue weighted by Gasteiger charge is -2.36. The van der Waals surface area contributed by atoms with Gasteiger partial charge in [-0.1, -0.05) is 49.4 Å². The lowest BCUT2D eigenvalue weighted by atomic mass is 9.95. The van der Waals surface area contributed by atoms with Gasteiger partial charge in [0.2, 0.25) is 0 Å². The van der Waals surface area contributed by atoms with Gasteiger partial charge in [0.25, 0.3) is 0 Å². The number of likely N-dealkylation sites (tertiary alicyclic amines) is 1. The first-order valence-electron chi connectivity index (χ1n) is 9.50. The van der Waals surface area contributed by atoms with Gasteiger partial charge >= 0.3 is 0 Å². The van der Waals surface area contributed by atoms with Gasteiger partial charge in [-0.05, 0) is 65.5 Å². The molecule has 2 aromatic carbocycles. The zero-order valence-electron chi connectivity index (χ0n) is 15.9. The van der Waals surface area contributed by atoms with Gasteiger partial charge < -0.3 is 0 Å². The molecule has 148 valence electrons. The Morgan fingerprint density at radius 2 is 1.71 bits per heavy atom. The Bertz CT molecular complexity index is 860. The van der Waals surface area contributed by atoms with E-state index in [1.54, 1.807) is 12.1 Å². The van der Waals surface area contributed by atoms with Crippen LogP contribution in [0, 0.1) is 11.7 Å². The number of hydrogen-bond acceptors (Lipinski definition) is 4. The smallest absolute Gasteiger partial charge is 0.173 e. The molecule has 0 spiro atoms. The Morgan fingerprint density at radius 3 is 2.39 bits per heavy atom. The van der Waals surface area contributed by atoms with Gasteiger partial charge in [0.1, 0.15) is 5.82 Å². The quantitative estimate of drug-likeness (QED) is 0.645. The summed E-state index contributed by atoms with van der Waals surface area (Å²) in [6.45, 7) is 4.90. The lowest BCUT2D eigenvalue weighted by molar-refractivity contribution is 0.150. The van der Waals surface area contributed by atoms with Crippen LogP contribution in [0.15, 0.2) is 54.6 Å². The van der Waals surface area contributed by atoms with E-state index in [4.69, 9.17) is 0 Å². The Kier molecular flexibility index (Phi) is 6.75. The highest BCUT2D eigenvalue weighted by Gasteiger charge is 2.30. The highest BCUT2D eigenvalue weighted by molar-refractivity contribution is 5.85. The third-order valence-corrected chi connectivity index (χ3v) is 5.35. The molecule has 0 bridgehead atoms. The molecule has 0 N–H and O–H groups in total. The maximum Gasteiger partial charge on any atom is 0.173 e. The number of halogens is 2. The summed E-state index contributed by atoms with van der Waals surface area (Å²) < 4.78 is 15.1. The number of hydrogen-bond donors (Lipinski definition) is 0. The largest absolute Gasteiger partial charge is 0.290 e. The molecule has 1 aliphatic rings. The number of benzene rings is 2. The van der Waals surface area contributed by atoms with Crippen molar-refractivity contribution in [3.8, 4) is 0 Å². The van der Waals surface area contributed by atoms with Gasteiger partial charge in [-0.2, -0.15) is 0 Å². The standard InChI is InChI=1S/C21H24FN5.ClH/c1-16-11-13-26(14-12-16)20(18-5-3-2-4-6-18)21-23-24-25-27(21)15-17-7-9-19(22)10-8-17;/h2-10,16,20H,11-15H2,1H3;1H. The zero-order chi connectivity index (χ0) is 18.6. The average molecular weight is 402 g/mol. The van der Waals surface area contributed by atoms with Crippen LogP contribution >= 0.6 is 12.4 Å². The van der Waals surface area contributed by atoms with Crippen LogP contribution < -0.4 is 0 Å². The fraction of sp³-hybridized carbons (Fsp3) is 0.381. The minimum Gasteiger partial charge on any atom is -0.290 e. The summed E-state index contributed by atoms with van der Waals surface area (Å²) in [5.41, 5.74) is 2.17. The van der Waals surface area contributed by atoms with E-state index in [0.717, 1.165) is 30.4 Å². The second-order valence-electron chi connectivity index (χ2n) is 7.35. The molecule has 1 aromatic heterocycles. The molecule has 0 saturated carbocycles. The zero-order valence-corrected chi connectivity index (χ0v) is 16.7. The number of rotatable bonds is 5. The number of piperidine rings is 1. The monoisotopic (exact) mass is 401 g/mol. The van der Waals surface area contributed by atoms with E-state index < -0.39 is 0 Å². The predicted octanol–water partition coefficient (Wildman–Crippen LogP) is 4.10. The first-order chi connectivity index (χ1) is 13.2. The van der Waals surface area contributed by atoms with Gasteiger partial charge in [-0.3, -0.25) is 4.90 Å². The predicted molar refractivity (Wildman–Crippen MR) is 109 cm³/mol. The van der Waals surface area contributed by atoms with Crippen molar-refractivity contribution >= 4 is 12.4 Å². The molecule has 0 amide bonds. The van der Waals surface area contributed by atoms with E-state index in [0.29, 0.717) is 6.54 Å². The molecule has 2 heterocycles. The van der Waals surface area contributed by atoms with Crippen LogP contribution in [0.5, 0.6) is 0 Å². The molecule has 1 aliphatic heterocycles. The first kappa shape index (κ1) is 20.4. The van der Waals surface area contributed by atoms with E-state index in [-0.39, 0.29) is 24.3 Å². The molecular weight excluding hydrogens is 377 g/mol. The normalized spacial score (nSPS) is 16.5. The molecule has 7 heteroatoms. The summed E-state index contributed by atoms with van der Waals surface area (Å²) in [6.07, 6.45) is 2.37. The Labute approximate surface area is 171 Å². The average Bonchev–Trinajstić information content (AvgIpc) is 3.14. The van der Waals surface area contributed by atoms with Gasteiger partial charge in [0, 0.05) is 0 Å². The van der Waals surface area contributed by atoms with Crippen molar-refractivity contribution in [2.45, 2.75) is 32.4 Å². The highest BCUT2D eigenvalue weighted by atomic mass is 35.5. The van der Waals surface area contributed by atoms with Gasteiger partial charge in [0.15, 0.2) is 5.82 Å². The topological polar surface area (TPSA) is 46.8 Å². The molecule has 4 rings (SSSR count). The minimum atomic E-state index is -0.236. The summed E-state index contributed by atoms with van der Waals surface area (Å²) in [5, 5.41) is 12.6. The van der Waals surface area contributed by atoms with Crippen LogP contribution in [0.1, 0.15) is 42.8 Å². The van der Waals surface area contributed by atoms with E-state index in [9.17, 15) is 4.39 Å². The van der Waals surface area contributed by atoms with Crippen LogP contribution in [-0.2, 0) is 6.54 Å². The highest BCUT2D eigenvalue weighted by Crippen LogP contribution is 2.31. The van der Waals surface area contributed by atoms with Gasteiger partial charge in [0.05, 0.1) is 12.6 Å². The Balaban J connectivity index is 0.00000225. The second-order valence-corrected chi connectivity index (χ2v) is 7.35. The molecule has 1 fully saturated rings. The van der Waals surface area contributed by atoms with Gasteiger partial charge in [-0.25, -0.2) is 9.07 Å². The summed E-state index contributed by atoms with van der Waals surface area (Å²) in [6, 6.07) is 16.9. The van der Waals surface area contributed by atoms with Crippen molar-refractivity contribution < 1.29 is 4.39 Å². The number of nitrogens with zero attached hydrogens (tertiary/aromatic N) is 5. The summed E-state index contributed by atoms with van der Waals surface area (Å²) in [7, 11) is 0. The van der Waals surface area contributed by atoms with E-state index in [1.807, 2.05) is 10.7 Å².